The van der Waals surface area contributed by atoms with Crippen molar-refractivity contribution in [2.75, 3.05) is 5.73 Å². The minimum atomic E-state index is -5.71. The molecule has 0 amide bonds. The average Bonchev–Trinajstić information content (AvgIpc) is 2.83. The molecule has 0 bridgehead atoms. The lowest BCUT2D eigenvalue weighted by Gasteiger charge is -2.38. The van der Waals surface area contributed by atoms with E-state index >= 15 is 0 Å². The largest absolute Gasteiger partial charge is 0.457 e. The highest BCUT2D eigenvalue weighted by atomic mass is 19.4. The Balaban J connectivity index is 1.71. The van der Waals surface area contributed by atoms with Gasteiger partial charge in [-0.2, -0.15) is 26.3 Å². The second-order valence-corrected chi connectivity index (χ2v) is 8.21. The van der Waals surface area contributed by atoms with Crippen LogP contribution in [0.1, 0.15) is 11.1 Å². The number of ether oxygens (including phenoxy) is 2. The fourth-order valence-corrected chi connectivity index (χ4v) is 3.89. The Bertz CT molecular complexity index is 1230. The molecule has 0 radical (unpaired) electrons. The molecule has 0 aliphatic carbocycles. The summed E-state index contributed by atoms with van der Waals surface area (Å²) in [7, 11) is 0. The molecule has 4 aromatic carbocycles. The molecule has 0 saturated heterocycles. The summed E-state index contributed by atoms with van der Waals surface area (Å²) in [6.45, 7) is 0. The fourth-order valence-electron chi connectivity index (χ4n) is 3.89. The molecule has 0 heterocycles. The highest BCUT2D eigenvalue weighted by molar-refractivity contribution is 5.49. The number of quaternary nitrogens is 1. The van der Waals surface area contributed by atoms with Gasteiger partial charge in [0.25, 0.3) is 0 Å². The zero-order valence-electron chi connectivity index (χ0n) is 19.1. The first kappa shape index (κ1) is 25.9. The van der Waals surface area contributed by atoms with Crippen molar-refractivity contribution in [2.45, 2.75) is 17.8 Å². The topological polar surface area (TPSA) is 72.1 Å². The number of anilines is 1. The first-order valence-electron chi connectivity index (χ1n) is 10.9. The van der Waals surface area contributed by atoms with Gasteiger partial charge in [-0.1, -0.05) is 24.3 Å². The zero-order valence-corrected chi connectivity index (χ0v) is 19.1. The molecule has 0 fully saturated rings. The maximum absolute atomic E-state index is 14.4. The van der Waals surface area contributed by atoms with Crippen molar-refractivity contribution < 1.29 is 41.5 Å². The normalized spacial score (nSPS) is 12.3. The number of hydrogen-bond acceptors (Lipinski definition) is 3. The van der Waals surface area contributed by atoms with E-state index in [1.807, 2.05) is 0 Å². The molecule has 0 saturated carbocycles. The smallest absolute Gasteiger partial charge is 0.411 e. The molecule has 0 atom stereocenters. The maximum Gasteiger partial charge on any atom is 0.411 e. The van der Waals surface area contributed by atoms with Crippen molar-refractivity contribution in [3.8, 4) is 23.0 Å². The molecule has 10 heteroatoms. The molecule has 0 spiro atoms. The quantitative estimate of drug-likeness (QED) is 0.210. The van der Waals surface area contributed by atoms with Gasteiger partial charge in [0, 0.05) is 17.8 Å². The molecule has 0 aliphatic rings. The van der Waals surface area contributed by atoms with Crippen LogP contribution in [-0.4, -0.2) is 12.4 Å². The van der Waals surface area contributed by atoms with Crippen molar-refractivity contribution in [3.05, 3.63) is 108 Å². The summed E-state index contributed by atoms with van der Waals surface area (Å²) in [6.07, 6.45) is -11.4. The number of rotatable bonds is 6. The van der Waals surface area contributed by atoms with Crippen molar-refractivity contribution in [3.63, 3.8) is 0 Å². The van der Waals surface area contributed by atoms with Crippen molar-refractivity contribution in [1.29, 1.82) is 0 Å². The first-order chi connectivity index (χ1) is 17.4. The van der Waals surface area contributed by atoms with Gasteiger partial charge >= 0.3 is 12.4 Å². The summed E-state index contributed by atoms with van der Waals surface area (Å²) >= 11 is 0. The van der Waals surface area contributed by atoms with Gasteiger partial charge in [0.15, 0.2) is 0 Å². The molecule has 192 valence electrons. The Labute approximate surface area is 208 Å². The predicted molar refractivity (Wildman–Crippen MR) is 126 cm³/mol. The number of nitrogen functional groups attached to an aromatic ring is 1. The molecule has 0 unspecified atom stereocenters. The second kappa shape index (κ2) is 9.70. The number of hydrogen-bond donors (Lipinski definition) is 2. The lowest BCUT2D eigenvalue weighted by Crippen LogP contribution is -2.54. The molecule has 0 aliphatic heterocycles. The van der Waals surface area contributed by atoms with E-state index in [1.54, 1.807) is 36.4 Å². The fraction of sp³-hybridized carbons (Fsp3) is 0.111. The van der Waals surface area contributed by atoms with E-state index < -0.39 is 28.9 Å². The number of nitrogens with two attached hydrogens (primary N) is 1. The summed E-state index contributed by atoms with van der Waals surface area (Å²) in [5.74, 6) is 0.810. The van der Waals surface area contributed by atoms with E-state index in [9.17, 15) is 26.3 Å². The summed E-state index contributed by atoms with van der Waals surface area (Å²) in [4.78, 5) is 0. The Hall–Kier alpha value is -4.18. The summed E-state index contributed by atoms with van der Waals surface area (Å²) in [5.41, 5.74) is 4.23. The minimum Gasteiger partial charge on any atom is -0.457 e. The Morgan fingerprint density at radius 3 is 1.11 bits per heavy atom. The van der Waals surface area contributed by atoms with E-state index in [1.165, 1.54) is 12.1 Å². The maximum atomic E-state index is 14.4. The van der Waals surface area contributed by atoms with E-state index in [-0.39, 0.29) is 11.5 Å². The van der Waals surface area contributed by atoms with Crippen molar-refractivity contribution in [2.24, 2.45) is 0 Å². The van der Waals surface area contributed by atoms with Crippen molar-refractivity contribution >= 4 is 11.4 Å². The van der Waals surface area contributed by atoms with Crippen LogP contribution in [0.3, 0.4) is 0 Å². The monoisotopic (exact) mass is 519 g/mol. The van der Waals surface area contributed by atoms with Crippen LogP contribution in [0.15, 0.2) is 97.1 Å². The van der Waals surface area contributed by atoms with Crippen molar-refractivity contribution in [1.82, 2.24) is 0 Å². The average molecular weight is 519 g/mol. The van der Waals surface area contributed by atoms with Crippen LogP contribution in [0, 0.1) is 0 Å². The molecular weight excluding hydrogens is 498 g/mol. The highest BCUT2D eigenvalue weighted by Gasteiger charge is 2.72. The van der Waals surface area contributed by atoms with E-state index in [0.717, 1.165) is 48.5 Å². The lowest BCUT2D eigenvalue weighted by molar-refractivity contribution is -0.288. The van der Waals surface area contributed by atoms with Gasteiger partial charge in [0.1, 0.15) is 28.7 Å². The van der Waals surface area contributed by atoms with Crippen LogP contribution < -0.4 is 20.9 Å². The lowest BCUT2D eigenvalue weighted by atomic mass is 9.73. The highest BCUT2D eigenvalue weighted by Crippen LogP contribution is 2.56. The predicted octanol–water partition coefficient (Wildman–Crippen LogP) is 7.14. The summed E-state index contributed by atoms with van der Waals surface area (Å²) in [6, 6.07) is 19.9. The van der Waals surface area contributed by atoms with Crippen LogP contribution in [0.4, 0.5) is 37.7 Å². The standard InChI is InChI=1S/C27H20F6N2O2/c28-26(29,30)25(27(31,32)33,17-1-9-21(10-2-17)36-23-13-5-19(34)6-14-23)18-3-11-22(12-4-18)37-24-15-7-20(35)8-16-24/h1-16H,34-35H2/p+1. The van der Waals surface area contributed by atoms with Gasteiger partial charge in [-0.15, -0.1) is 0 Å². The summed E-state index contributed by atoms with van der Waals surface area (Å²) < 4.78 is 97.5. The number of halogens is 6. The van der Waals surface area contributed by atoms with Crippen LogP contribution in [0.5, 0.6) is 23.0 Å². The Morgan fingerprint density at radius 1 is 0.486 bits per heavy atom. The van der Waals surface area contributed by atoms with E-state index in [0.29, 0.717) is 22.9 Å². The third-order valence-corrected chi connectivity index (χ3v) is 5.70. The van der Waals surface area contributed by atoms with E-state index in [4.69, 9.17) is 15.2 Å². The Kier molecular flexibility index (Phi) is 6.79. The van der Waals surface area contributed by atoms with E-state index in [2.05, 4.69) is 5.73 Å². The van der Waals surface area contributed by atoms with Crippen LogP contribution in [-0.2, 0) is 5.41 Å². The van der Waals surface area contributed by atoms with Crippen LogP contribution in [0.2, 0.25) is 0 Å². The zero-order chi connectivity index (χ0) is 26.8. The molecule has 5 N–H and O–H groups in total. The SMILES string of the molecule is Nc1ccc(Oc2ccc(C(c3ccc(Oc4ccc([NH3+])cc4)cc3)(C(F)(F)F)C(F)(F)F)cc2)cc1. The Morgan fingerprint density at radius 2 is 0.784 bits per heavy atom. The number of alkyl halides is 6. The summed E-state index contributed by atoms with van der Waals surface area (Å²) in [5, 5.41) is 0. The molecule has 4 rings (SSSR count). The van der Waals surface area contributed by atoms with Gasteiger partial charge < -0.3 is 20.9 Å². The van der Waals surface area contributed by atoms with Gasteiger partial charge in [0.2, 0.25) is 5.41 Å². The van der Waals surface area contributed by atoms with Gasteiger partial charge in [-0.3, -0.25) is 0 Å². The van der Waals surface area contributed by atoms with Gasteiger partial charge in [-0.05, 0) is 71.8 Å². The van der Waals surface area contributed by atoms with Gasteiger partial charge in [0.05, 0.1) is 0 Å². The van der Waals surface area contributed by atoms with Crippen LogP contribution >= 0.6 is 0 Å². The molecule has 4 nitrogen and oxygen atoms in total. The molecule has 37 heavy (non-hydrogen) atoms. The molecule has 0 aromatic heterocycles. The van der Waals surface area contributed by atoms with Crippen LogP contribution in [0.25, 0.3) is 0 Å². The minimum absolute atomic E-state index is 0.0591. The van der Waals surface area contributed by atoms with Gasteiger partial charge in [-0.25, -0.2) is 0 Å². The third kappa shape index (κ3) is 5.19. The first-order valence-corrected chi connectivity index (χ1v) is 10.9. The molecule has 4 aromatic rings. The second-order valence-electron chi connectivity index (χ2n) is 8.21. The number of benzene rings is 4. The third-order valence-electron chi connectivity index (χ3n) is 5.70. The molecular formula is C27H21F6N2O2+.